The van der Waals surface area contributed by atoms with E-state index in [9.17, 15) is 0 Å². The fourth-order valence-electron chi connectivity index (χ4n) is 0.481. The van der Waals surface area contributed by atoms with E-state index in [4.69, 9.17) is 0 Å². The van der Waals surface area contributed by atoms with Gasteiger partial charge in [0.15, 0.2) is 0 Å². The summed E-state index contributed by atoms with van der Waals surface area (Å²) in [5, 5.41) is 1.11. The largest absolute Gasteiger partial charge is 0.0925 e. The first-order valence-corrected chi connectivity index (χ1v) is 4.18. The molecular weight excluding hydrogens is 220 g/mol. The summed E-state index contributed by atoms with van der Waals surface area (Å²) >= 11 is 6.77. The Morgan fingerprint density at radius 3 is 2.29 bits per heavy atom. The third-order valence-electron chi connectivity index (χ3n) is 1.02. The van der Waals surface area contributed by atoms with Crippen molar-refractivity contribution in [3.05, 3.63) is 10.1 Å². The molecule has 40 valence electrons. The van der Waals surface area contributed by atoms with Gasteiger partial charge in [-0.2, -0.15) is 0 Å². The quantitative estimate of drug-likeness (QED) is 0.635. The second kappa shape index (κ2) is 2.31. The Hall–Kier alpha value is 0.700. The van der Waals surface area contributed by atoms with Crippen LogP contribution in [0.3, 0.4) is 0 Å². The average molecular weight is 226 g/mol. The van der Waals surface area contributed by atoms with Crippen LogP contribution < -0.4 is 0 Å². The van der Waals surface area contributed by atoms with E-state index in [1.54, 1.807) is 5.57 Å². The minimum atomic E-state index is 1.11. The number of rotatable bonds is 2. The lowest BCUT2D eigenvalue weighted by molar-refractivity contribution is 1.18. The minimum Gasteiger partial charge on any atom is -0.0925 e. The third kappa shape index (κ3) is 1.57. The molecule has 0 fully saturated rings. The summed E-state index contributed by atoms with van der Waals surface area (Å²) in [6.45, 7) is 0. The van der Waals surface area contributed by atoms with E-state index in [0.29, 0.717) is 0 Å². The first-order chi connectivity index (χ1) is 3.34. The second-order valence-corrected chi connectivity index (χ2v) is 3.37. The van der Waals surface area contributed by atoms with Crippen LogP contribution >= 0.6 is 31.9 Å². The van der Waals surface area contributed by atoms with E-state index < -0.39 is 0 Å². The van der Waals surface area contributed by atoms with Crippen molar-refractivity contribution >= 4 is 31.9 Å². The molecule has 0 nitrogen and oxygen atoms in total. The van der Waals surface area contributed by atoms with E-state index in [0.717, 1.165) is 5.33 Å². The second-order valence-electron chi connectivity index (χ2n) is 1.62. The van der Waals surface area contributed by atoms with Gasteiger partial charge in [0.05, 0.1) is 0 Å². The molecule has 0 aliphatic heterocycles. The van der Waals surface area contributed by atoms with Crippen LogP contribution in [0.5, 0.6) is 0 Å². The molecule has 0 spiro atoms. The summed E-state index contributed by atoms with van der Waals surface area (Å²) in [4.78, 5) is 0. The molecule has 0 atom stereocenters. The molecule has 0 amide bonds. The summed E-state index contributed by atoms with van der Waals surface area (Å²) in [7, 11) is 0. The highest BCUT2D eigenvalue weighted by Crippen LogP contribution is 2.38. The molecule has 2 heteroatoms. The molecule has 0 aromatic heterocycles. The summed E-state index contributed by atoms with van der Waals surface area (Å²) in [6, 6.07) is 0. The van der Waals surface area contributed by atoms with E-state index in [-0.39, 0.29) is 0 Å². The lowest BCUT2D eigenvalue weighted by Gasteiger charge is -1.77. The molecule has 0 radical (unpaired) electrons. The smallest absolute Gasteiger partial charge is 0.00690 e. The van der Waals surface area contributed by atoms with Crippen LogP contribution in [-0.2, 0) is 0 Å². The van der Waals surface area contributed by atoms with E-state index in [1.807, 2.05) is 0 Å². The van der Waals surface area contributed by atoms with Crippen molar-refractivity contribution in [3.63, 3.8) is 0 Å². The summed E-state index contributed by atoms with van der Waals surface area (Å²) in [5.74, 6) is 0. The summed E-state index contributed by atoms with van der Waals surface area (Å²) in [5.41, 5.74) is 1.58. The monoisotopic (exact) mass is 224 g/mol. The molecule has 0 aromatic carbocycles. The average Bonchev–Trinajstić information content (AvgIpc) is 2.22. The van der Waals surface area contributed by atoms with Crippen molar-refractivity contribution in [2.24, 2.45) is 0 Å². The van der Waals surface area contributed by atoms with Gasteiger partial charge in [0.1, 0.15) is 0 Å². The maximum Gasteiger partial charge on any atom is 0.00690 e. The summed E-state index contributed by atoms with van der Waals surface area (Å²) < 4.78 is 1.42. The molecule has 0 saturated carbocycles. The van der Waals surface area contributed by atoms with Crippen LogP contribution in [0, 0.1) is 0 Å². The highest BCUT2D eigenvalue weighted by Gasteiger charge is 2.15. The lowest BCUT2D eigenvalue weighted by atomic mass is 10.4. The standard InChI is InChI=1S/C5H6Br2/c6-2-1-4-3-5(4)7/h1-3H2. The zero-order valence-electron chi connectivity index (χ0n) is 3.88. The van der Waals surface area contributed by atoms with Crippen molar-refractivity contribution in [1.82, 2.24) is 0 Å². The number of allylic oxidation sites excluding steroid dienone is 2. The van der Waals surface area contributed by atoms with Crippen molar-refractivity contribution < 1.29 is 0 Å². The molecule has 0 unspecified atom stereocenters. The fraction of sp³-hybridized carbons (Fsp3) is 0.600. The zero-order chi connectivity index (χ0) is 5.28. The molecule has 1 aliphatic rings. The van der Waals surface area contributed by atoms with Gasteiger partial charge in [0, 0.05) is 11.8 Å². The Morgan fingerprint density at radius 1 is 1.57 bits per heavy atom. The maximum atomic E-state index is 3.41. The number of hydrogen-bond acceptors (Lipinski definition) is 0. The SMILES string of the molecule is BrCCC1=C(Br)C1. The molecule has 0 saturated heterocycles. The van der Waals surface area contributed by atoms with Crippen molar-refractivity contribution in [1.29, 1.82) is 0 Å². The molecule has 1 aliphatic carbocycles. The lowest BCUT2D eigenvalue weighted by Crippen LogP contribution is -1.64. The highest BCUT2D eigenvalue weighted by molar-refractivity contribution is 9.12. The molecule has 0 aromatic rings. The Kier molecular flexibility index (Phi) is 1.93. The molecule has 0 bridgehead atoms. The van der Waals surface area contributed by atoms with Crippen LogP contribution in [-0.4, -0.2) is 5.33 Å². The van der Waals surface area contributed by atoms with Crippen LogP contribution in [0.1, 0.15) is 12.8 Å². The van der Waals surface area contributed by atoms with Gasteiger partial charge in [-0.1, -0.05) is 37.4 Å². The van der Waals surface area contributed by atoms with Gasteiger partial charge in [-0.25, -0.2) is 0 Å². The Labute approximate surface area is 60.2 Å². The van der Waals surface area contributed by atoms with E-state index in [2.05, 4.69) is 31.9 Å². The van der Waals surface area contributed by atoms with E-state index in [1.165, 1.54) is 17.3 Å². The predicted molar refractivity (Wildman–Crippen MR) is 39.0 cm³/mol. The van der Waals surface area contributed by atoms with Gasteiger partial charge >= 0.3 is 0 Å². The Morgan fingerprint density at radius 2 is 2.14 bits per heavy atom. The maximum absolute atomic E-state index is 3.41. The van der Waals surface area contributed by atoms with Gasteiger partial charge < -0.3 is 0 Å². The fourth-order valence-corrected chi connectivity index (χ4v) is 1.50. The van der Waals surface area contributed by atoms with E-state index >= 15 is 0 Å². The predicted octanol–water partition coefficient (Wildman–Crippen LogP) is 2.82. The Balaban J connectivity index is 2.19. The normalized spacial score (nSPS) is 18.0. The number of halogens is 2. The van der Waals surface area contributed by atoms with Crippen molar-refractivity contribution in [2.45, 2.75) is 12.8 Å². The zero-order valence-corrected chi connectivity index (χ0v) is 7.05. The molecule has 0 N–H and O–H groups in total. The van der Waals surface area contributed by atoms with Gasteiger partial charge in [0.2, 0.25) is 0 Å². The van der Waals surface area contributed by atoms with Crippen LogP contribution in [0.25, 0.3) is 0 Å². The molecule has 1 rings (SSSR count). The van der Waals surface area contributed by atoms with Gasteiger partial charge in [0.25, 0.3) is 0 Å². The number of alkyl halides is 1. The first-order valence-electron chi connectivity index (χ1n) is 2.27. The van der Waals surface area contributed by atoms with Crippen LogP contribution in [0.15, 0.2) is 10.1 Å². The summed E-state index contributed by atoms with van der Waals surface area (Å²) in [6.07, 6.45) is 2.45. The van der Waals surface area contributed by atoms with Gasteiger partial charge in [-0.3, -0.25) is 0 Å². The minimum absolute atomic E-state index is 1.11. The van der Waals surface area contributed by atoms with Crippen LogP contribution in [0.2, 0.25) is 0 Å². The number of hydrogen-bond donors (Lipinski definition) is 0. The van der Waals surface area contributed by atoms with Crippen molar-refractivity contribution in [2.75, 3.05) is 5.33 Å². The first kappa shape index (κ1) is 5.83. The third-order valence-corrected chi connectivity index (χ3v) is 2.26. The highest BCUT2D eigenvalue weighted by atomic mass is 79.9. The van der Waals surface area contributed by atoms with Gasteiger partial charge in [-0.15, -0.1) is 0 Å². The molecule has 0 heterocycles. The topological polar surface area (TPSA) is 0 Å². The van der Waals surface area contributed by atoms with Gasteiger partial charge in [-0.05, 0) is 10.9 Å². The molecule has 7 heavy (non-hydrogen) atoms. The van der Waals surface area contributed by atoms with Crippen molar-refractivity contribution in [3.8, 4) is 0 Å². The Bertz CT molecular complexity index is 105. The molecular formula is C5H6Br2. The van der Waals surface area contributed by atoms with Crippen LogP contribution in [0.4, 0.5) is 0 Å².